The first-order valence-corrected chi connectivity index (χ1v) is 31.0. The average Bonchev–Trinajstić information content (AvgIpc) is 3.32. The van der Waals surface area contributed by atoms with Crippen molar-refractivity contribution in [3.63, 3.8) is 0 Å². The Labute approximate surface area is 433 Å². The molecular formula is C60H114N2O7P+. The molecule has 10 heteroatoms. The highest BCUT2D eigenvalue weighted by molar-refractivity contribution is 7.47. The smallest absolute Gasteiger partial charge is 0.456 e. The van der Waals surface area contributed by atoms with E-state index in [1.54, 1.807) is 0 Å². The maximum absolute atomic E-state index is 13.5. The summed E-state index contributed by atoms with van der Waals surface area (Å²) in [6.45, 7) is 6.98. The van der Waals surface area contributed by atoms with Crippen LogP contribution in [0.2, 0.25) is 0 Å². The molecule has 0 aliphatic heterocycles. The summed E-state index contributed by atoms with van der Waals surface area (Å²) in [7, 11) is 1.49. The van der Waals surface area contributed by atoms with Gasteiger partial charge in [0.15, 0.2) is 0 Å². The first-order valence-electron chi connectivity index (χ1n) is 29.5. The summed E-state index contributed by atoms with van der Waals surface area (Å²) < 4.78 is 30.6. The summed E-state index contributed by atoms with van der Waals surface area (Å²) in [6.07, 6.45) is 60.9. The number of esters is 1. The third kappa shape index (κ3) is 50.9. The molecule has 0 bridgehead atoms. The molecule has 0 aliphatic rings. The van der Waals surface area contributed by atoms with Crippen molar-refractivity contribution in [1.29, 1.82) is 0 Å². The quantitative estimate of drug-likeness (QED) is 0.0205. The number of unbranched alkanes of at least 4 members (excludes halogenated alkanes) is 31. The van der Waals surface area contributed by atoms with E-state index in [4.69, 9.17) is 13.8 Å². The minimum Gasteiger partial charge on any atom is -0.456 e. The molecule has 3 unspecified atom stereocenters. The van der Waals surface area contributed by atoms with Crippen LogP contribution in [0.15, 0.2) is 48.6 Å². The van der Waals surface area contributed by atoms with E-state index in [0.717, 1.165) is 77.0 Å². The van der Waals surface area contributed by atoms with E-state index in [9.17, 15) is 19.0 Å². The number of nitrogens with one attached hydrogen (secondary N) is 1. The number of allylic oxidation sites excluding steroid dienone is 7. The second kappa shape index (κ2) is 50.5. The molecule has 0 aromatic heterocycles. The molecule has 0 aromatic rings. The molecule has 3 atom stereocenters. The standard InChI is InChI=1S/C60H113N2O7P/c1-7-10-13-16-19-22-25-28-30-31-32-35-38-41-44-47-50-53-60(64)69-58(51-48-45-42-39-36-33-27-24-21-18-15-12-9-3)57(56-68-70(65,66)67-55-54-62(4,5)6)61-59(63)52-49-46-43-40-37-34-29-26-23-20-17-14-11-8-2/h19,22,28,30,32,35,48,51,57-58H,7-18,20-21,23-27,29,31,33-34,36-47,49-50,52-56H2,1-6H3,(H-,61,63,65,66)/p+1/b22-19-,30-28-,35-32-,51-48+. The molecule has 1 amide bonds. The molecule has 70 heavy (non-hydrogen) atoms. The Kier molecular flexibility index (Phi) is 49.0. The lowest BCUT2D eigenvalue weighted by atomic mass is 10.0. The van der Waals surface area contributed by atoms with Crippen molar-refractivity contribution in [1.82, 2.24) is 5.32 Å². The zero-order valence-corrected chi connectivity index (χ0v) is 47.7. The number of rotatable bonds is 53. The van der Waals surface area contributed by atoms with Gasteiger partial charge in [-0.05, 0) is 70.3 Å². The molecule has 2 N–H and O–H groups in total. The minimum absolute atomic E-state index is 0.0374. The van der Waals surface area contributed by atoms with Crippen molar-refractivity contribution in [2.75, 3.05) is 40.9 Å². The molecule has 9 nitrogen and oxygen atoms in total. The number of phosphoric acid groups is 1. The van der Waals surface area contributed by atoms with Crippen LogP contribution >= 0.6 is 7.82 Å². The van der Waals surface area contributed by atoms with Crippen LogP contribution in [0.25, 0.3) is 0 Å². The molecule has 0 rings (SSSR count). The number of phosphoric ester groups is 1. The molecule has 410 valence electrons. The van der Waals surface area contributed by atoms with Gasteiger partial charge in [0.25, 0.3) is 0 Å². The van der Waals surface area contributed by atoms with E-state index in [2.05, 4.69) is 62.5 Å². The first kappa shape index (κ1) is 68.0. The third-order valence-corrected chi connectivity index (χ3v) is 14.0. The van der Waals surface area contributed by atoms with Crippen LogP contribution < -0.4 is 5.32 Å². The van der Waals surface area contributed by atoms with Gasteiger partial charge >= 0.3 is 13.8 Å². The van der Waals surface area contributed by atoms with E-state index >= 15 is 0 Å². The predicted molar refractivity (Wildman–Crippen MR) is 300 cm³/mol. The molecule has 0 aliphatic carbocycles. The Hall–Kier alpha value is -2.03. The van der Waals surface area contributed by atoms with Gasteiger partial charge in [-0.2, -0.15) is 0 Å². The van der Waals surface area contributed by atoms with Crippen LogP contribution in [0.1, 0.15) is 271 Å². The number of likely N-dealkylation sites (N-methyl/N-ethyl adjacent to an activating group) is 1. The van der Waals surface area contributed by atoms with Gasteiger partial charge in [-0.15, -0.1) is 0 Å². The van der Waals surface area contributed by atoms with Crippen LogP contribution in [0.4, 0.5) is 0 Å². The molecule has 0 saturated heterocycles. The number of hydrogen-bond donors (Lipinski definition) is 2. The first-order chi connectivity index (χ1) is 33.9. The Bertz CT molecular complexity index is 1340. The molecule has 0 radical (unpaired) electrons. The molecule has 0 heterocycles. The van der Waals surface area contributed by atoms with Gasteiger partial charge in [-0.25, -0.2) is 4.57 Å². The van der Waals surface area contributed by atoms with E-state index in [1.807, 2.05) is 33.3 Å². The number of quaternary nitrogens is 1. The zero-order chi connectivity index (χ0) is 51.5. The molecule has 0 aromatic carbocycles. The average molecular weight is 1010 g/mol. The fourth-order valence-electron chi connectivity index (χ4n) is 8.42. The van der Waals surface area contributed by atoms with Crippen molar-refractivity contribution in [2.45, 2.75) is 283 Å². The van der Waals surface area contributed by atoms with Gasteiger partial charge in [0, 0.05) is 12.8 Å². The number of hydrogen-bond acceptors (Lipinski definition) is 6. The van der Waals surface area contributed by atoms with Gasteiger partial charge in [0.05, 0.1) is 33.8 Å². The van der Waals surface area contributed by atoms with E-state index in [-0.39, 0.29) is 31.5 Å². The van der Waals surface area contributed by atoms with Gasteiger partial charge in [0.2, 0.25) is 5.91 Å². The van der Waals surface area contributed by atoms with Crippen LogP contribution in [-0.2, 0) is 27.9 Å². The monoisotopic (exact) mass is 1010 g/mol. The third-order valence-electron chi connectivity index (χ3n) is 13.0. The maximum atomic E-state index is 13.5. The number of ether oxygens (including phenoxy) is 1. The van der Waals surface area contributed by atoms with Gasteiger partial charge in [-0.3, -0.25) is 18.6 Å². The van der Waals surface area contributed by atoms with Crippen LogP contribution in [-0.4, -0.2) is 74.3 Å². The second-order valence-corrected chi connectivity index (χ2v) is 22.6. The van der Waals surface area contributed by atoms with Crippen molar-refractivity contribution in [3.05, 3.63) is 48.6 Å². The van der Waals surface area contributed by atoms with Crippen molar-refractivity contribution in [2.24, 2.45) is 0 Å². The predicted octanol–water partition coefficient (Wildman–Crippen LogP) is 17.7. The lowest BCUT2D eigenvalue weighted by Crippen LogP contribution is -2.47. The highest BCUT2D eigenvalue weighted by atomic mass is 31.2. The second-order valence-electron chi connectivity index (χ2n) is 21.2. The van der Waals surface area contributed by atoms with Crippen molar-refractivity contribution < 1.29 is 37.3 Å². The Morgan fingerprint density at radius 1 is 0.500 bits per heavy atom. The SMILES string of the molecule is CCCCC/C=C\C/C=C\C/C=C\CCCCCCC(=O)OC(/C=C/CCCCCCCCCCCCC)C(COP(=O)(O)OCC[N+](C)(C)C)NC(=O)CCCCCCCCCCCCCCCC. The van der Waals surface area contributed by atoms with Crippen molar-refractivity contribution >= 4 is 19.7 Å². The van der Waals surface area contributed by atoms with Gasteiger partial charge < -0.3 is 19.4 Å². The molecule has 0 fully saturated rings. The lowest BCUT2D eigenvalue weighted by Gasteiger charge is -2.27. The molecular weight excluding hydrogens is 892 g/mol. The maximum Gasteiger partial charge on any atom is 0.472 e. The topological polar surface area (TPSA) is 111 Å². The largest absolute Gasteiger partial charge is 0.472 e. The summed E-state index contributed by atoms with van der Waals surface area (Å²) in [4.78, 5) is 37.6. The van der Waals surface area contributed by atoms with E-state index in [1.165, 1.54) is 154 Å². The summed E-state index contributed by atoms with van der Waals surface area (Å²) in [6, 6.07) is -0.854. The van der Waals surface area contributed by atoms with Crippen LogP contribution in [0.3, 0.4) is 0 Å². The fraction of sp³-hybridized carbons (Fsp3) is 0.833. The highest BCUT2D eigenvalue weighted by Gasteiger charge is 2.30. The fourth-order valence-corrected chi connectivity index (χ4v) is 9.15. The number of carbonyl (C=O) groups excluding carboxylic acids is 2. The van der Waals surface area contributed by atoms with Gasteiger partial charge in [0.1, 0.15) is 19.3 Å². The summed E-state index contributed by atoms with van der Waals surface area (Å²) in [5, 5.41) is 3.05. The van der Waals surface area contributed by atoms with Crippen LogP contribution in [0.5, 0.6) is 0 Å². The van der Waals surface area contributed by atoms with E-state index < -0.39 is 20.0 Å². The Morgan fingerprint density at radius 3 is 1.33 bits per heavy atom. The lowest BCUT2D eigenvalue weighted by molar-refractivity contribution is -0.870. The zero-order valence-electron chi connectivity index (χ0n) is 46.8. The minimum atomic E-state index is -4.45. The molecule has 0 spiro atoms. The Balaban J connectivity index is 5.38. The summed E-state index contributed by atoms with van der Waals surface area (Å²) in [5.74, 6) is -0.522. The number of carbonyl (C=O) groups is 2. The Morgan fingerprint density at radius 2 is 0.871 bits per heavy atom. The number of amides is 1. The number of nitrogens with zero attached hydrogens (tertiary/aromatic N) is 1. The molecule has 0 saturated carbocycles. The van der Waals surface area contributed by atoms with Crippen LogP contribution in [0, 0.1) is 0 Å². The van der Waals surface area contributed by atoms with Gasteiger partial charge in [-0.1, -0.05) is 237 Å². The normalized spacial score (nSPS) is 14.1. The summed E-state index contributed by atoms with van der Waals surface area (Å²) in [5.41, 5.74) is 0. The summed E-state index contributed by atoms with van der Waals surface area (Å²) >= 11 is 0. The highest BCUT2D eigenvalue weighted by Crippen LogP contribution is 2.43. The van der Waals surface area contributed by atoms with Crippen molar-refractivity contribution in [3.8, 4) is 0 Å². The van der Waals surface area contributed by atoms with E-state index in [0.29, 0.717) is 23.9 Å².